The second-order valence-electron chi connectivity index (χ2n) is 8.83. The molecule has 0 unspecified atom stereocenters. The van der Waals surface area contributed by atoms with E-state index in [1.54, 1.807) is 0 Å². The molecule has 0 atom stereocenters. The number of ether oxygens (including phenoxy) is 1. The maximum Gasteiger partial charge on any atom is 0.0575 e. The predicted molar refractivity (Wildman–Crippen MR) is 105 cm³/mol. The zero-order valence-corrected chi connectivity index (χ0v) is 16.7. The zero-order chi connectivity index (χ0) is 17.0. The monoisotopic (exact) mass is 336 g/mol. The molecule has 0 heterocycles. The van der Waals surface area contributed by atoms with Crippen LogP contribution in [0.4, 0.5) is 0 Å². The summed E-state index contributed by atoms with van der Waals surface area (Å²) < 4.78 is 6.19. The second-order valence-corrected chi connectivity index (χ2v) is 8.83. The lowest BCUT2D eigenvalue weighted by molar-refractivity contribution is 0.0133. The average Bonchev–Trinajstić information content (AvgIpc) is 2.62. The summed E-state index contributed by atoms with van der Waals surface area (Å²) >= 11 is 0. The van der Waals surface area contributed by atoms with Crippen molar-refractivity contribution in [3.05, 3.63) is 0 Å². The first-order chi connectivity index (χ1) is 11.8. The second kappa shape index (κ2) is 12.3. The molecule has 2 rings (SSSR count). The zero-order valence-electron chi connectivity index (χ0n) is 16.7. The molecule has 0 radical (unpaired) electrons. The third kappa shape index (κ3) is 7.89. The summed E-state index contributed by atoms with van der Waals surface area (Å²) in [5.41, 5.74) is 0. The fourth-order valence-corrected chi connectivity index (χ4v) is 5.11. The van der Waals surface area contributed by atoms with E-state index in [1.807, 2.05) is 0 Å². The molecule has 0 N–H and O–H groups in total. The van der Waals surface area contributed by atoms with Crippen LogP contribution in [0.5, 0.6) is 0 Å². The van der Waals surface area contributed by atoms with Gasteiger partial charge >= 0.3 is 0 Å². The first-order valence-electron chi connectivity index (χ1n) is 11.4. The molecule has 0 saturated heterocycles. The Morgan fingerprint density at radius 1 is 0.583 bits per heavy atom. The van der Waals surface area contributed by atoms with Crippen LogP contribution in [0.2, 0.25) is 0 Å². The molecule has 0 aromatic heterocycles. The average molecular weight is 337 g/mol. The molecule has 1 nitrogen and oxygen atoms in total. The van der Waals surface area contributed by atoms with Crippen molar-refractivity contribution >= 4 is 0 Å². The lowest BCUT2D eigenvalue weighted by Crippen LogP contribution is -2.22. The first-order valence-corrected chi connectivity index (χ1v) is 11.4. The molecule has 2 fully saturated rings. The predicted octanol–water partition coefficient (Wildman–Crippen LogP) is 7.53. The van der Waals surface area contributed by atoms with E-state index in [0.29, 0.717) is 6.10 Å². The Labute approximate surface area is 152 Å². The van der Waals surface area contributed by atoms with Crippen LogP contribution in [0.1, 0.15) is 117 Å². The van der Waals surface area contributed by atoms with Gasteiger partial charge in [0.2, 0.25) is 0 Å². The van der Waals surface area contributed by atoms with Gasteiger partial charge in [-0.1, -0.05) is 78.1 Å². The molecule has 2 aliphatic rings. The summed E-state index contributed by atoms with van der Waals surface area (Å²) in [4.78, 5) is 0. The normalized spacial score (nSPS) is 31.2. The molecule has 142 valence electrons. The lowest BCUT2D eigenvalue weighted by Gasteiger charge is -2.30. The van der Waals surface area contributed by atoms with Gasteiger partial charge in [-0.2, -0.15) is 0 Å². The SMILES string of the molecule is CCCCCC1CCC(CCCOC2CCC(CCC)CC2)CC1. The highest BCUT2D eigenvalue weighted by atomic mass is 16.5. The van der Waals surface area contributed by atoms with E-state index >= 15 is 0 Å². The van der Waals surface area contributed by atoms with Crippen molar-refractivity contribution in [1.82, 2.24) is 0 Å². The van der Waals surface area contributed by atoms with Gasteiger partial charge in [-0.15, -0.1) is 0 Å². The van der Waals surface area contributed by atoms with Crippen LogP contribution in [0.15, 0.2) is 0 Å². The Balaban J connectivity index is 1.44. The molecule has 0 spiro atoms. The highest BCUT2D eigenvalue weighted by Crippen LogP contribution is 2.34. The molecular weight excluding hydrogens is 292 g/mol. The molecule has 0 aromatic rings. The van der Waals surface area contributed by atoms with E-state index in [1.165, 1.54) is 103 Å². The Kier molecular flexibility index (Phi) is 10.4. The summed E-state index contributed by atoms with van der Waals surface area (Å²) in [7, 11) is 0. The molecule has 1 heteroatoms. The van der Waals surface area contributed by atoms with E-state index in [0.717, 1.165) is 24.4 Å². The van der Waals surface area contributed by atoms with Crippen molar-refractivity contribution in [2.45, 2.75) is 123 Å². The number of hydrogen-bond donors (Lipinski definition) is 0. The molecular formula is C23H44O. The summed E-state index contributed by atoms with van der Waals surface area (Å²) in [6, 6.07) is 0. The van der Waals surface area contributed by atoms with Gasteiger partial charge in [-0.25, -0.2) is 0 Å². The van der Waals surface area contributed by atoms with E-state index in [4.69, 9.17) is 4.74 Å². The van der Waals surface area contributed by atoms with E-state index < -0.39 is 0 Å². The number of rotatable bonds is 11. The smallest absolute Gasteiger partial charge is 0.0575 e. The van der Waals surface area contributed by atoms with Crippen LogP contribution in [0.3, 0.4) is 0 Å². The van der Waals surface area contributed by atoms with Crippen LogP contribution in [0.25, 0.3) is 0 Å². The van der Waals surface area contributed by atoms with Crippen LogP contribution in [-0.4, -0.2) is 12.7 Å². The fraction of sp³-hybridized carbons (Fsp3) is 1.00. The molecule has 0 amide bonds. The maximum atomic E-state index is 6.19. The van der Waals surface area contributed by atoms with E-state index in [9.17, 15) is 0 Å². The minimum absolute atomic E-state index is 0.590. The van der Waals surface area contributed by atoms with Gasteiger partial charge in [0.05, 0.1) is 6.10 Å². The Hall–Kier alpha value is -0.0400. The van der Waals surface area contributed by atoms with Gasteiger partial charge in [0.25, 0.3) is 0 Å². The van der Waals surface area contributed by atoms with Crippen LogP contribution >= 0.6 is 0 Å². The third-order valence-electron chi connectivity index (χ3n) is 6.78. The van der Waals surface area contributed by atoms with Crippen molar-refractivity contribution in [2.24, 2.45) is 17.8 Å². The maximum absolute atomic E-state index is 6.19. The lowest BCUT2D eigenvalue weighted by atomic mass is 9.78. The molecule has 0 bridgehead atoms. The van der Waals surface area contributed by atoms with Gasteiger partial charge in [-0.3, -0.25) is 0 Å². The quantitative estimate of drug-likeness (QED) is 0.354. The summed E-state index contributed by atoms with van der Waals surface area (Å²) in [6.45, 7) is 5.66. The van der Waals surface area contributed by atoms with E-state index in [-0.39, 0.29) is 0 Å². The Morgan fingerprint density at radius 2 is 1.12 bits per heavy atom. The van der Waals surface area contributed by atoms with Crippen LogP contribution < -0.4 is 0 Å². The van der Waals surface area contributed by atoms with Crippen LogP contribution in [-0.2, 0) is 4.74 Å². The summed E-state index contributed by atoms with van der Waals surface area (Å²) in [6.07, 6.45) is 23.4. The summed E-state index contributed by atoms with van der Waals surface area (Å²) in [5, 5.41) is 0. The molecule has 2 saturated carbocycles. The van der Waals surface area contributed by atoms with Crippen molar-refractivity contribution in [2.75, 3.05) is 6.61 Å². The largest absolute Gasteiger partial charge is 0.378 e. The van der Waals surface area contributed by atoms with Crippen molar-refractivity contribution in [3.63, 3.8) is 0 Å². The Morgan fingerprint density at radius 3 is 1.71 bits per heavy atom. The molecule has 0 aromatic carbocycles. The summed E-state index contributed by atoms with van der Waals surface area (Å²) in [5.74, 6) is 3.07. The number of hydrogen-bond acceptors (Lipinski definition) is 1. The minimum Gasteiger partial charge on any atom is -0.378 e. The topological polar surface area (TPSA) is 9.23 Å². The van der Waals surface area contributed by atoms with Gasteiger partial charge in [0, 0.05) is 6.61 Å². The third-order valence-corrected chi connectivity index (χ3v) is 6.78. The standard InChI is InChI=1S/C23H44O/c1-3-5-6-9-21-11-13-22(14-12-21)10-7-19-24-23-17-15-20(8-4-2)16-18-23/h20-23H,3-19H2,1-2H3. The van der Waals surface area contributed by atoms with Crippen molar-refractivity contribution in [1.29, 1.82) is 0 Å². The van der Waals surface area contributed by atoms with Gasteiger partial charge in [-0.05, 0) is 56.3 Å². The van der Waals surface area contributed by atoms with Gasteiger partial charge < -0.3 is 4.74 Å². The molecule has 0 aliphatic heterocycles. The highest BCUT2D eigenvalue weighted by molar-refractivity contribution is 4.74. The number of unbranched alkanes of at least 4 members (excludes halogenated alkanes) is 2. The Bertz CT molecular complexity index is 284. The van der Waals surface area contributed by atoms with Crippen molar-refractivity contribution < 1.29 is 4.74 Å². The van der Waals surface area contributed by atoms with Crippen LogP contribution in [0, 0.1) is 17.8 Å². The molecule has 24 heavy (non-hydrogen) atoms. The van der Waals surface area contributed by atoms with Gasteiger partial charge in [0.15, 0.2) is 0 Å². The van der Waals surface area contributed by atoms with E-state index in [2.05, 4.69) is 13.8 Å². The highest BCUT2D eigenvalue weighted by Gasteiger charge is 2.22. The minimum atomic E-state index is 0.590. The molecule has 2 aliphatic carbocycles. The van der Waals surface area contributed by atoms with Crippen molar-refractivity contribution in [3.8, 4) is 0 Å². The fourth-order valence-electron chi connectivity index (χ4n) is 5.11. The first kappa shape index (κ1) is 20.3. The van der Waals surface area contributed by atoms with Gasteiger partial charge in [0.1, 0.15) is 0 Å².